The molecular formula is C19H18F2N2O4. The number of alkyl halides is 2. The summed E-state index contributed by atoms with van der Waals surface area (Å²) in [6, 6.07) is 11.4. The van der Waals surface area contributed by atoms with Gasteiger partial charge < -0.3 is 9.47 Å². The van der Waals surface area contributed by atoms with Crippen LogP contribution in [-0.4, -0.2) is 25.5 Å². The van der Waals surface area contributed by atoms with E-state index in [1.54, 1.807) is 37.3 Å². The van der Waals surface area contributed by atoms with Gasteiger partial charge in [-0.2, -0.15) is 8.78 Å². The normalized spacial score (nSPS) is 10.7. The summed E-state index contributed by atoms with van der Waals surface area (Å²) in [5.41, 5.74) is 5.89. The summed E-state index contributed by atoms with van der Waals surface area (Å²) in [6.45, 7) is -1.28. The zero-order valence-corrected chi connectivity index (χ0v) is 14.7. The van der Waals surface area contributed by atoms with Gasteiger partial charge in [0.1, 0.15) is 0 Å². The monoisotopic (exact) mass is 376 g/mol. The van der Waals surface area contributed by atoms with Crippen molar-refractivity contribution in [2.45, 2.75) is 13.5 Å². The number of methoxy groups -OCH3 is 1. The molecular weight excluding hydrogens is 358 g/mol. The van der Waals surface area contributed by atoms with Crippen LogP contribution in [0.2, 0.25) is 0 Å². The number of rotatable bonds is 6. The number of ether oxygens (including phenoxy) is 2. The molecule has 0 radical (unpaired) electrons. The molecule has 2 N–H and O–H groups in total. The van der Waals surface area contributed by atoms with E-state index in [9.17, 15) is 18.4 Å². The number of para-hydroxylation sites is 1. The second-order valence-electron chi connectivity index (χ2n) is 5.35. The summed E-state index contributed by atoms with van der Waals surface area (Å²) in [6.07, 6.45) is 2.35. The van der Waals surface area contributed by atoms with Crippen LogP contribution < -0.4 is 20.3 Å². The van der Waals surface area contributed by atoms with Gasteiger partial charge >= 0.3 is 6.61 Å². The fourth-order valence-corrected chi connectivity index (χ4v) is 2.26. The molecule has 2 rings (SSSR count). The molecule has 0 fully saturated rings. The molecule has 0 saturated carbocycles. The van der Waals surface area contributed by atoms with Crippen molar-refractivity contribution in [1.82, 2.24) is 10.9 Å². The zero-order valence-electron chi connectivity index (χ0n) is 14.7. The minimum atomic E-state index is -3.05. The lowest BCUT2D eigenvalue weighted by atomic mass is 10.1. The minimum Gasteiger partial charge on any atom is -0.493 e. The Bertz CT molecular complexity index is 853. The Kier molecular flexibility index (Phi) is 6.87. The molecule has 0 aliphatic rings. The summed E-state index contributed by atoms with van der Waals surface area (Å²) in [7, 11) is 1.31. The van der Waals surface area contributed by atoms with Crippen molar-refractivity contribution in [3.8, 4) is 11.5 Å². The fraction of sp³-hybridized carbons (Fsp3) is 0.158. The van der Waals surface area contributed by atoms with Crippen LogP contribution in [0.4, 0.5) is 8.78 Å². The molecule has 0 aliphatic heterocycles. The maximum Gasteiger partial charge on any atom is 0.387 e. The first-order valence-corrected chi connectivity index (χ1v) is 7.88. The van der Waals surface area contributed by atoms with Crippen molar-refractivity contribution in [2.24, 2.45) is 0 Å². The molecule has 0 saturated heterocycles. The summed E-state index contributed by atoms with van der Waals surface area (Å²) in [4.78, 5) is 23.9. The Morgan fingerprint density at radius 2 is 1.81 bits per heavy atom. The van der Waals surface area contributed by atoms with Crippen molar-refractivity contribution < 1.29 is 27.8 Å². The average Bonchev–Trinajstić information content (AvgIpc) is 2.65. The third kappa shape index (κ3) is 5.53. The molecule has 8 heteroatoms. The van der Waals surface area contributed by atoms with Gasteiger partial charge in [0.05, 0.1) is 7.11 Å². The number of carbonyl (C=O) groups is 2. The maximum absolute atomic E-state index is 12.6. The molecule has 27 heavy (non-hydrogen) atoms. The van der Waals surface area contributed by atoms with Gasteiger partial charge in [-0.05, 0) is 30.7 Å². The Hall–Kier alpha value is -3.42. The third-order valence-electron chi connectivity index (χ3n) is 3.54. The summed E-state index contributed by atoms with van der Waals surface area (Å²) < 4.78 is 34.6. The van der Waals surface area contributed by atoms with Crippen LogP contribution in [0, 0.1) is 6.92 Å². The van der Waals surface area contributed by atoms with E-state index in [0.29, 0.717) is 5.56 Å². The molecule has 0 aliphatic carbocycles. The summed E-state index contributed by atoms with van der Waals surface area (Å²) >= 11 is 0. The van der Waals surface area contributed by atoms with Gasteiger partial charge in [0.15, 0.2) is 11.5 Å². The largest absolute Gasteiger partial charge is 0.493 e. The van der Waals surface area contributed by atoms with E-state index in [1.165, 1.54) is 25.3 Å². The standard InChI is InChI=1S/C19H18F2N2O4/c1-12-6-3-4-8-14(12)18(25)23-22-16(24)11-10-13-7-5-9-15(26-2)17(13)27-19(20)21/h3-11,19H,1-2H3,(H,22,24)(H,23,25)/b11-10+. The second-order valence-corrected chi connectivity index (χ2v) is 5.35. The molecule has 2 amide bonds. The molecule has 0 aromatic heterocycles. The lowest BCUT2D eigenvalue weighted by Crippen LogP contribution is -2.41. The Morgan fingerprint density at radius 1 is 1.07 bits per heavy atom. The fourth-order valence-electron chi connectivity index (χ4n) is 2.26. The quantitative estimate of drug-likeness (QED) is 0.600. The first-order valence-electron chi connectivity index (χ1n) is 7.88. The highest BCUT2D eigenvalue weighted by Gasteiger charge is 2.14. The van der Waals surface area contributed by atoms with Gasteiger partial charge in [0.2, 0.25) is 0 Å². The molecule has 2 aromatic rings. The van der Waals surface area contributed by atoms with Gasteiger partial charge in [-0.25, -0.2) is 0 Å². The van der Waals surface area contributed by atoms with Gasteiger partial charge in [-0.15, -0.1) is 0 Å². The summed E-state index contributed by atoms with van der Waals surface area (Å²) in [5.74, 6) is -1.21. The Balaban J connectivity index is 2.04. The first kappa shape index (κ1) is 19.9. The SMILES string of the molecule is COc1cccc(/C=C/C(=O)NNC(=O)c2ccccc2C)c1OC(F)F. The van der Waals surface area contributed by atoms with E-state index >= 15 is 0 Å². The van der Waals surface area contributed by atoms with Crippen LogP contribution in [0.25, 0.3) is 6.08 Å². The predicted octanol–water partition coefficient (Wildman–Crippen LogP) is 3.08. The molecule has 2 aromatic carbocycles. The van der Waals surface area contributed by atoms with Crippen molar-refractivity contribution in [3.05, 3.63) is 65.2 Å². The van der Waals surface area contributed by atoms with Crippen LogP contribution in [0.5, 0.6) is 11.5 Å². The van der Waals surface area contributed by atoms with Crippen LogP contribution in [0.1, 0.15) is 21.5 Å². The number of amides is 2. The lowest BCUT2D eigenvalue weighted by Gasteiger charge is -2.12. The van der Waals surface area contributed by atoms with Gasteiger partial charge in [0, 0.05) is 17.2 Å². The highest BCUT2D eigenvalue weighted by atomic mass is 19.3. The number of hydrogen-bond acceptors (Lipinski definition) is 4. The highest BCUT2D eigenvalue weighted by molar-refractivity contribution is 5.98. The van der Waals surface area contributed by atoms with E-state index in [-0.39, 0.29) is 17.1 Å². The van der Waals surface area contributed by atoms with Crippen molar-refractivity contribution in [2.75, 3.05) is 7.11 Å². The van der Waals surface area contributed by atoms with E-state index in [2.05, 4.69) is 15.6 Å². The lowest BCUT2D eigenvalue weighted by molar-refractivity contribution is -0.117. The smallest absolute Gasteiger partial charge is 0.387 e. The van der Waals surface area contributed by atoms with Gasteiger partial charge in [-0.1, -0.05) is 30.3 Å². The van der Waals surface area contributed by atoms with Gasteiger partial charge in [0.25, 0.3) is 11.8 Å². The Morgan fingerprint density at radius 3 is 2.48 bits per heavy atom. The van der Waals surface area contributed by atoms with Gasteiger partial charge in [-0.3, -0.25) is 20.4 Å². The number of aryl methyl sites for hydroxylation is 1. The minimum absolute atomic E-state index is 0.103. The maximum atomic E-state index is 12.6. The number of hydrogen-bond donors (Lipinski definition) is 2. The first-order chi connectivity index (χ1) is 12.9. The molecule has 0 atom stereocenters. The molecule has 0 bridgehead atoms. The number of carbonyl (C=O) groups excluding carboxylic acids is 2. The van der Waals surface area contributed by atoms with Crippen molar-refractivity contribution in [1.29, 1.82) is 0 Å². The zero-order chi connectivity index (χ0) is 19.8. The molecule has 0 spiro atoms. The molecule has 0 unspecified atom stereocenters. The topological polar surface area (TPSA) is 76.7 Å². The highest BCUT2D eigenvalue weighted by Crippen LogP contribution is 2.33. The van der Waals surface area contributed by atoms with Crippen LogP contribution in [0.3, 0.4) is 0 Å². The summed E-state index contributed by atoms with van der Waals surface area (Å²) in [5, 5.41) is 0. The van der Waals surface area contributed by atoms with Crippen LogP contribution >= 0.6 is 0 Å². The molecule has 0 heterocycles. The second kappa shape index (κ2) is 9.33. The Labute approximate surface area is 154 Å². The number of nitrogens with one attached hydrogen (secondary N) is 2. The molecule has 6 nitrogen and oxygen atoms in total. The average molecular weight is 376 g/mol. The van der Waals surface area contributed by atoms with E-state index in [0.717, 1.165) is 11.6 Å². The van der Waals surface area contributed by atoms with E-state index in [1.807, 2.05) is 0 Å². The molecule has 142 valence electrons. The van der Waals surface area contributed by atoms with Crippen molar-refractivity contribution in [3.63, 3.8) is 0 Å². The van der Waals surface area contributed by atoms with Crippen molar-refractivity contribution >= 4 is 17.9 Å². The number of halogens is 2. The van der Waals surface area contributed by atoms with E-state index in [4.69, 9.17) is 4.74 Å². The van der Waals surface area contributed by atoms with Crippen LogP contribution in [-0.2, 0) is 4.79 Å². The number of hydrazine groups is 1. The third-order valence-corrected chi connectivity index (χ3v) is 3.54. The van der Waals surface area contributed by atoms with Crippen LogP contribution in [0.15, 0.2) is 48.5 Å². The predicted molar refractivity (Wildman–Crippen MR) is 95.4 cm³/mol. The van der Waals surface area contributed by atoms with E-state index < -0.39 is 18.4 Å². The number of benzene rings is 2.